The maximum Gasteiger partial charge on any atom is 0.255 e. The molecule has 2 aromatic rings. The Bertz CT molecular complexity index is 811. The van der Waals surface area contributed by atoms with E-state index in [4.69, 9.17) is 27.9 Å². The molecule has 0 N–H and O–H groups in total. The number of amides is 1. The van der Waals surface area contributed by atoms with Crippen LogP contribution in [-0.2, 0) is 4.79 Å². The third kappa shape index (κ3) is 3.84. The minimum Gasteiger partial charge on any atom is -0.481 e. The van der Waals surface area contributed by atoms with E-state index in [2.05, 4.69) is 4.98 Å². The molecule has 0 bridgehead atoms. The predicted molar refractivity (Wildman–Crippen MR) is 100 cm³/mol. The minimum atomic E-state index is -0.112. The van der Waals surface area contributed by atoms with Gasteiger partial charge in [-0.25, -0.2) is 4.98 Å². The number of pyridine rings is 1. The normalized spacial score (nSPS) is 19.4. The van der Waals surface area contributed by atoms with E-state index in [0.29, 0.717) is 41.0 Å². The summed E-state index contributed by atoms with van der Waals surface area (Å²) in [7, 11) is 1.52. The Morgan fingerprint density at radius 2 is 2.08 bits per heavy atom. The highest BCUT2D eigenvalue weighted by Crippen LogP contribution is 2.37. The van der Waals surface area contributed by atoms with Crippen LogP contribution in [0.3, 0.4) is 0 Å². The Balaban J connectivity index is 1.82. The quantitative estimate of drug-likeness (QED) is 0.725. The fourth-order valence-electron chi connectivity index (χ4n) is 3.33. The highest BCUT2D eigenvalue weighted by molar-refractivity contribution is 6.42. The SMILES string of the molecule is COc1ccc(C(=O)N2CC(CC=O)C(c3ccc(Cl)c(Cl)c3)C2)cn1. The van der Waals surface area contributed by atoms with Crippen molar-refractivity contribution in [1.29, 1.82) is 0 Å². The van der Waals surface area contributed by atoms with Gasteiger partial charge in [0, 0.05) is 37.7 Å². The van der Waals surface area contributed by atoms with Crippen LogP contribution in [-0.4, -0.2) is 42.3 Å². The molecule has 1 aliphatic rings. The van der Waals surface area contributed by atoms with Crippen LogP contribution >= 0.6 is 23.2 Å². The molecule has 0 aliphatic carbocycles. The molecule has 1 saturated heterocycles. The molecule has 7 heteroatoms. The summed E-state index contributed by atoms with van der Waals surface area (Å²) in [4.78, 5) is 29.7. The Hall–Kier alpha value is -2.11. The summed E-state index contributed by atoms with van der Waals surface area (Å²) in [5.41, 5.74) is 1.47. The number of methoxy groups -OCH3 is 1. The number of carbonyl (C=O) groups is 2. The monoisotopic (exact) mass is 392 g/mol. The lowest BCUT2D eigenvalue weighted by Crippen LogP contribution is -2.29. The van der Waals surface area contributed by atoms with E-state index in [9.17, 15) is 9.59 Å². The van der Waals surface area contributed by atoms with Gasteiger partial charge >= 0.3 is 0 Å². The van der Waals surface area contributed by atoms with Gasteiger partial charge in [0.1, 0.15) is 6.29 Å². The molecule has 0 radical (unpaired) electrons. The molecule has 26 heavy (non-hydrogen) atoms. The van der Waals surface area contributed by atoms with E-state index >= 15 is 0 Å². The minimum absolute atomic E-state index is 0.0325. The molecule has 136 valence electrons. The number of aldehydes is 1. The topological polar surface area (TPSA) is 59.5 Å². The number of benzene rings is 1. The summed E-state index contributed by atoms with van der Waals surface area (Å²) in [5, 5.41) is 0.954. The number of ether oxygens (including phenoxy) is 1. The Labute approximate surface area is 161 Å². The largest absolute Gasteiger partial charge is 0.481 e. The first-order valence-electron chi connectivity index (χ1n) is 8.21. The van der Waals surface area contributed by atoms with Crippen LogP contribution < -0.4 is 4.74 Å². The highest BCUT2D eigenvalue weighted by Gasteiger charge is 2.36. The zero-order chi connectivity index (χ0) is 18.7. The van der Waals surface area contributed by atoms with E-state index in [1.807, 2.05) is 12.1 Å². The summed E-state index contributed by atoms with van der Waals surface area (Å²) in [5.74, 6) is 0.416. The van der Waals surface area contributed by atoms with Gasteiger partial charge in [0.25, 0.3) is 5.91 Å². The number of nitrogens with zero attached hydrogens (tertiary/aromatic N) is 2. The number of halogens is 2. The lowest BCUT2D eigenvalue weighted by atomic mass is 9.87. The van der Waals surface area contributed by atoms with E-state index in [1.54, 1.807) is 23.1 Å². The van der Waals surface area contributed by atoms with E-state index in [0.717, 1.165) is 11.8 Å². The average molecular weight is 393 g/mol. The predicted octanol–water partition coefficient (Wildman–Crippen LogP) is 3.84. The van der Waals surface area contributed by atoms with Gasteiger partial charge < -0.3 is 14.4 Å². The summed E-state index contributed by atoms with van der Waals surface area (Å²) < 4.78 is 5.02. The van der Waals surface area contributed by atoms with Crippen molar-refractivity contribution >= 4 is 35.4 Å². The van der Waals surface area contributed by atoms with Crippen LogP contribution in [0.25, 0.3) is 0 Å². The first-order valence-corrected chi connectivity index (χ1v) is 8.97. The lowest BCUT2D eigenvalue weighted by molar-refractivity contribution is -0.108. The molecule has 3 rings (SSSR count). The molecular weight excluding hydrogens is 375 g/mol. The van der Waals surface area contributed by atoms with Crippen molar-refractivity contribution in [3.63, 3.8) is 0 Å². The Kier molecular flexibility index (Phi) is 5.79. The molecule has 0 saturated carbocycles. The number of rotatable bonds is 5. The van der Waals surface area contributed by atoms with Crippen LogP contribution in [0, 0.1) is 5.92 Å². The maximum absolute atomic E-state index is 12.8. The smallest absolute Gasteiger partial charge is 0.255 e. The zero-order valence-corrected chi connectivity index (χ0v) is 15.7. The van der Waals surface area contributed by atoms with Gasteiger partial charge in [-0.3, -0.25) is 4.79 Å². The van der Waals surface area contributed by atoms with Gasteiger partial charge in [0.15, 0.2) is 0 Å². The number of hydrogen-bond acceptors (Lipinski definition) is 4. The van der Waals surface area contributed by atoms with Crippen molar-refractivity contribution in [2.24, 2.45) is 5.92 Å². The van der Waals surface area contributed by atoms with Gasteiger partial charge in [-0.2, -0.15) is 0 Å². The van der Waals surface area contributed by atoms with E-state index < -0.39 is 0 Å². The average Bonchev–Trinajstić information content (AvgIpc) is 3.08. The second-order valence-corrected chi connectivity index (χ2v) is 7.06. The number of hydrogen-bond donors (Lipinski definition) is 0. The van der Waals surface area contributed by atoms with Gasteiger partial charge in [-0.15, -0.1) is 0 Å². The van der Waals surface area contributed by atoms with Gasteiger partial charge in [-0.05, 0) is 29.7 Å². The molecule has 1 aliphatic heterocycles. The van der Waals surface area contributed by atoms with Crippen molar-refractivity contribution in [3.05, 3.63) is 57.7 Å². The molecule has 5 nitrogen and oxygen atoms in total. The van der Waals surface area contributed by atoms with Crippen LogP contribution in [0.5, 0.6) is 5.88 Å². The summed E-state index contributed by atoms with van der Waals surface area (Å²) in [6.45, 7) is 1.02. The molecule has 0 spiro atoms. The molecule has 1 aromatic heterocycles. The van der Waals surface area contributed by atoms with Crippen molar-refractivity contribution in [2.45, 2.75) is 12.3 Å². The summed E-state index contributed by atoms with van der Waals surface area (Å²) in [6.07, 6.45) is 2.79. The third-order valence-corrected chi connectivity index (χ3v) is 5.43. The van der Waals surface area contributed by atoms with Crippen LogP contribution in [0.2, 0.25) is 10.0 Å². The first kappa shape index (κ1) is 18.7. The molecule has 1 aromatic carbocycles. The van der Waals surface area contributed by atoms with Crippen LogP contribution in [0.4, 0.5) is 0 Å². The van der Waals surface area contributed by atoms with E-state index in [1.165, 1.54) is 13.3 Å². The maximum atomic E-state index is 12.8. The van der Waals surface area contributed by atoms with Crippen molar-refractivity contribution in [1.82, 2.24) is 9.88 Å². The fourth-order valence-corrected chi connectivity index (χ4v) is 3.64. The van der Waals surface area contributed by atoms with Crippen molar-refractivity contribution in [3.8, 4) is 5.88 Å². The standard InChI is InChI=1S/C19H18Cl2N2O3/c1-26-18-5-3-13(9-22-18)19(25)23-10-14(6-7-24)15(11-23)12-2-4-16(20)17(21)8-12/h2-5,7-9,14-15H,6,10-11H2,1H3. The van der Waals surface area contributed by atoms with Gasteiger partial charge in [0.2, 0.25) is 5.88 Å². The van der Waals surface area contributed by atoms with Crippen LogP contribution in [0.15, 0.2) is 36.5 Å². The Morgan fingerprint density at radius 1 is 1.27 bits per heavy atom. The summed E-state index contributed by atoms with van der Waals surface area (Å²) >= 11 is 12.1. The Morgan fingerprint density at radius 3 is 2.69 bits per heavy atom. The van der Waals surface area contributed by atoms with Crippen molar-refractivity contribution < 1.29 is 14.3 Å². The fraction of sp³-hybridized carbons (Fsp3) is 0.316. The second kappa shape index (κ2) is 8.06. The molecule has 1 fully saturated rings. The number of carbonyl (C=O) groups excluding carboxylic acids is 2. The zero-order valence-electron chi connectivity index (χ0n) is 14.2. The van der Waals surface area contributed by atoms with Gasteiger partial charge in [-0.1, -0.05) is 29.3 Å². The summed E-state index contributed by atoms with van der Waals surface area (Å²) in [6, 6.07) is 8.81. The van der Waals surface area contributed by atoms with E-state index in [-0.39, 0.29) is 17.7 Å². The lowest BCUT2D eigenvalue weighted by Gasteiger charge is -2.17. The first-order chi connectivity index (χ1) is 12.5. The molecule has 2 unspecified atom stereocenters. The molecule has 2 atom stereocenters. The molecule has 1 amide bonds. The van der Waals surface area contributed by atoms with Gasteiger partial charge in [0.05, 0.1) is 22.7 Å². The molecular formula is C19H18Cl2N2O3. The second-order valence-electron chi connectivity index (χ2n) is 6.24. The third-order valence-electron chi connectivity index (χ3n) is 4.69. The van der Waals surface area contributed by atoms with Crippen molar-refractivity contribution in [2.75, 3.05) is 20.2 Å². The molecule has 2 heterocycles. The van der Waals surface area contributed by atoms with Crippen LogP contribution in [0.1, 0.15) is 28.3 Å². The number of likely N-dealkylation sites (tertiary alicyclic amines) is 1. The highest BCUT2D eigenvalue weighted by atomic mass is 35.5. The number of aromatic nitrogens is 1.